The van der Waals surface area contributed by atoms with Crippen LogP contribution in [0, 0.1) is 11.8 Å². The number of nitrogens with zero attached hydrogens (tertiary/aromatic N) is 1. The second kappa shape index (κ2) is 11.8. The van der Waals surface area contributed by atoms with Gasteiger partial charge in [0.2, 0.25) is 5.91 Å². The molecule has 0 bridgehead atoms. The molecule has 0 aliphatic rings. The Hall–Kier alpha value is -2.94. The Morgan fingerprint density at radius 1 is 1.12 bits per heavy atom. The maximum absolute atomic E-state index is 13.4. The number of hydrogen-bond acceptors (Lipinski definition) is 2. The van der Waals surface area contributed by atoms with E-state index in [1.54, 1.807) is 25.1 Å². The van der Waals surface area contributed by atoms with E-state index < -0.39 is 11.9 Å². The number of rotatable bonds is 9. The number of carbonyl (C=O) groups is 2. The Bertz CT molecular complexity index is 1170. The molecule has 2 N–H and O–H groups in total. The van der Waals surface area contributed by atoms with Crippen molar-refractivity contribution in [3.8, 4) is 11.8 Å². The van der Waals surface area contributed by atoms with Gasteiger partial charge in [0.15, 0.2) is 0 Å². The Balaban J connectivity index is 2.00. The van der Waals surface area contributed by atoms with Gasteiger partial charge in [-0.2, -0.15) is 0 Å². The van der Waals surface area contributed by atoms with Gasteiger partial charge in [-0.25, -0.2) is 0 Å². The molecular formula is C26H27Cl2N3O2. The molecule has 0 spiro atoms. The predicted octanol–water partition coefficient (Wildman–Crippen LogP) is 5.53. The van der Waals surface area contributed by atoms with E-state index in [1.807, 2.05) is 37.4 Å². The zero-order valence-corrected chi connectivity index (χ0v) is 20.3. The third kappa shape index (κ3) is 5.90. The Labute approximate surface area is 204 Å². The monoisotopic (exact) mass is 483 g/mol. The molecule has 7 heteroatoms. The molecule has 172 valence electrons. The number of aromatic nitrogens is 1. The van der Waals surface area contributed by atoms with Crippen LogP contribution in [0.3, 0.4) is 0 Å². The highest BCUT2D eigenvalue weighted by atomic mass is 35.5. The summed E-state index contributed by atoms with van der Waals surface area (Å²) in [7, 11) is 0. The van der Waals surface area contributed by atoms with E-state index in [4.69, 9.17) is 23.2 Å². The molecule has 1 aromatic heterocycles. The average Bonchev–Trinajstić information content (AvgIpc) is 3.21. The summed E-state index contributed by atoms with van der Waals surface area (Å²) < 4.78 is 0. The summed E-state index contributed by atoms with van der Waals surface area (Å²) >= 11 is 13.0. The predicted molar refractivity (Wildman–Crippen MR) is 134 cm³/mol. The number of para-hydroxylation sites is 1. The van der Waals surface area contributed by atoms with Gasteiger partial charge >= 0.3 is 0 Å². The molecule has 1 unspecified atom stereocenters. The van der Waals surface area contributed by atoms with E-state index in [0.29, 0.717) is 28.6 Å². The fraction of sp³-hybridized carbons (Fsp3) is 0.308. The number of aromatic amines is 1. The molecule has 2 amide bonds. The number of halogens is 2. The number of amides is 2. The molecule has 3 rings (SSSR count). The maximum atomic E-state index is 13.4. The molecule has 33 heavy (non-hydrogen) atoms. The molecule has 3 aromatic rings. The van der Waals surface area contributed by atoms with Crippen molar-refractivity contribution in [2.45, 2.75) is 39.2 Å². The van der Waals surface area contributed by atoms with Crippen molar-refractivity contribution in [2.75, 3.05) is 13.1 Å². The van der Waals surface area contributed by atoms with E-state index >= 15 is 0 Å². The summed E-state index contributed by atoms with van der Waals surface area (Å²) in [5, 5.41) is 4.66. The van der Waals surface area contributed by atoms with Crippen LogP contribution in [0.4, 0.5) is 0 Å². The van der Waals surface area contributed by atoms with Crippen LogP contribution < -0.4 is 5.32 Å². The van der Waals surface area contributed by atoms with Gasteiger partial charge in [-0.15, -0.1) is 0 Å². The normalized spacial score (nSPS) is 11.5. The highest BCUT2D eigenvalue weighted by Gasteiger charge is 2.33. The summed E-state index contributed by atoms with van der Waals surface area (Å²) in [6.07, 6.45) is 4.22. The molecule has 0 aliphatic carbocycles. The number of hydrogen-bond donors (Lipinski definition) is 2. The maximum Gasteiger partial charge on any atom is 0.299 e. The first-order valence-electron chi connectivity index (χ1n) is 11.0. The van der Waals surface area contributed by atoms with Gasteiger partial charge < -0.3 is 15.2 Å². The lowest BCUT2D eigenvalue weighted by atomic mass is 10.0. The lowest BCUT2D eigenvalue weighted by Gasteiger charge is -2.31. The fourth-order valence-corrected chi connectivity index (χ4v) is 4.40. The number of benzene rings is 2. The van der Waals surface area contributed by atoms with Crippen LogP contribution in [-0.4, -0.2) is 34.8 Å². The largest absolute Gasteiger partial charge is 0.361 e. The van der Waals surface area contributed by atoms with Crippen LogP contribution in [-0.2, 0) is 16.0 Å². The van der Waals surface area contributed by atoms with Crippen molar-refractivity contribution in [3.05, 3.63) is 69.8 Å². The van der Waals surface area contributed by atoms with Crippen LogP contribution >= 0.6 is 23.2 Å². The van der Waals surface area contributed by atoms with Crippen LogP contribution in [0.15, 0.2) is 48.7 Å². The number of carbonyl (C=O) groups excluding carboxylic acids is 2. The van der Waals surface area contributed by atoms with Gasteiger partial charge in [-0.1, -0.05) is 66.7 Å². The first-order chi connectivity index (χ1) is 16.0. The third-order valence-corrected chi connectivity index (χ3v) is 6.11. The van der Waals surface area contributed by atoms with Gasteiger partial charge in [0.05, 0.1) is 0 Å². The van der Waals surface area contributed by atoms with Crippen LogP contribution in [0.25, 0.3) is 10.9 Å². The van der Waals surface area contributed by atoms with Gasteiger partial charge in [0.1, 0.15) is 6.04 Å². The summed E-state index contributed by atoms with van der Waals surface area (Å²) in [6, 6.07) is 12.0. The molecule has 1 atom stereocenters. The van der Waals surface area contributed by atoms with Crippen LogP contribution in [0.5, 0.6) is 0 Å². The molecule has 0 saturated carbocycles. The molecule has 1 heterocycles. The van der Waals surface area contributed by atoms with E-state index in [0.717, 1.165) is 29.3 Å². The van der Waals surface area contributed by atoms with Crippen LogP contribution in [0.1, 0.15) is 43.9 Å². The quantitative estimate of drug-likeness (QED) is 0.310. The first-order valence-corrected chi connectivity index (χ1v) is 11.7. The fourth-order valence-electron chi connectivity index (χ4n) is 3.79. The summed E-state index contributed by atoms with van der Waals surface area (Å²) in [4.78, 5) is 31.2. The standard InChI is InChI=1S/C26H27Cl2N3O2/c1-3-5-15-29-26(33)25(24-20(27)11-8-12-21(24)28)31(23(32)9-4-2)16-14-18-17-30-22-13-7-6-10-19(18)22/h6-8,10-13,17,25,30H,3,5,14-16H2,1-2H3,(H,29,33). The van der Waals surface area contributed by atoms with E-state index in [9.17, 15) is 9.59 Å². The SMILES string of the molecule is CC#CC(=O)N(CCc1c[nH]c2ccccc12)C(C(=O)NCCCC)c1c(Cl)cccc1Cl. The van der Waals surface area contributed by atoms with Gasteiger partial charge in [-0.05, 0) is 49.4 Å². The second-order valence-corrected chi connectivity index (χ2v) is 8.48. The molecule has 0 aliphatic heterocycles. The minimum atomic E-state index is -0.999. The van der Waals surface area contributed by atoms with Crippen molar-refractivity contribution in [1.29, 1.82) is 0 Å². The minimum absolute atomic E-state index is 0.267. The van der Waals surface area contributed by atoms with Crippen molar-refractivity contribution < 1.29 is 9.59 Å². The Morgan fingerprint density at radius 3 is 2.55 bits per heavy atom. The highest BCUT2D eigenvalue weighted by Crippen LogP contribution is 2.34. The molecular weight excluding hydrogens is 457 g/mol. The van der Waals surface area contributed by atoms with Crippen molar-refractivity contribution in [2.24, 2.45) is 0 Å². The van der Waals surface area contributed by atoms with Crippen molar-refractivity contribution in [3.63, 3.8) is 0 Å². The number of nitrogens with one attached hydrogen (secondary N) is 2. The zero-order valence-electron chi connectivity index (χ0n) is 18.8. The summed E-state index contributed by atoms with van der Waals surface area (Å²) in [5.41, 5.74) is 2.46. The topological polar surface area (TPSA) is 65.2 Å². The lowest BCUT2D eigenvalue weighted by Crippen LogP contribution is -2.44. The molecule has 0 fully saturated rings. The van der Waals surface area contributed by atoms with E-state index in [1.165, 1.54) is 4.90 Å². The van der Waals surface area contributed by atoms with Gasteiger partial charge in [0.25, 0.3) is 5.91 Å². The van der Waals surface area contributed by atoms with Gasteiger partial charge in [-0.3, -0.25) is 9.59 Å². The third-order valence-electron chi connectivity index (χ3n) is 5.45. The van der Waals surface area contributed by atoms with Crippen molar-refractivity contribution >= 4 is 45.9 Å². The Morgan fingerprint density at radius 2 is 1.85 bits per heavy atom. The van der Waals surface area contributed by atoms with E-state index in [-0.39, 0.29) is 12.5 Å². The summed E-state index contributed by atoms with van der Waals surface area (Å²) in [6.45, 7) is 4.40. The number of unbranched alkanes of at least 4 members (excludes halogenated alkanes) is 1. The molecule has 0 saturated heterocycles. The molecule has 5 nitrogen and oxygen atoms in total. The molecule has 2 aromatic carbocycles. The van der Waals surface area contributed by atoms with E-state index in [2.05, 4.69) is 22.1 Å². The number of H-pyrrole nitrogens is 1. The smallest absolute Gasteiger partial charge is 0.299 e. The Kier molecular flexibility index (Phi) is 8.82. The second-order valence-electron chi connectivity index (χ2n) is 7.67. The van der Waals surface area contributed by atoms with Crippen molar-refractivity contribution in [1.82, 2.24) is 15.2 Å². The zero-order chi connectivity index (χ0) is 23.8. The lowest BCUT2D eigenvalue weighted by molar-refractivity contribution is -0.136. The molecule has 0 radical (unpaired) electrons. The highest BCUT2D eigenvalue weighted by molar-refractivity contribution is 6.36. The average molecular weight is 484 g/mol. The first kappa shape index (κ1) is 24.7. The van der Waals surface area contributed by atoms with Crippen LogP contribution in [0.2, 0.25) is 10.0 Å². The minimum Gasteiger partial charge on any atom is -0.361 e. The summed E-state index contributed by atoms with van der Waals surface area (Å²) in [5.74, 6) is 4.46. The van der Waals surface area contributed by atoms with Gasteiger partial charge in [0, 0.05) is 45.8 Å². The number of fused-ring (bicyclic) bond motifs is 1.